The molecule has 0 bridgehead atoms. The van der Waals surface area contributed by atoms with Crippen molar-refractivity contribution in [3.05, 3.63) is 27.7 Å². The zero-order chi connectivity index (χ0) is 10.7. The van der Waals surface area contributed by atoms with Gasteiger partial charge in [0.25, 0.3) is 0 Å². The van der Waals surface area contributed by atoms with Gasteiger partial charge in [-0.05, 0) is 0 Å². The standard InChI is InChI=1S/C8H6N2O2S3/c11-7(12)6-10-5(3-14-6)4-15-8-9-1-2-13-8/h1-3H,4H2,(H,11,12). The molecule has 0 fully saturated rings. The van der Waals surface area contributed by atoms with Gasteiger partial charge in [0.15, 0.2) is 0 Å². The van der Waals surface area contributed by atoms with Crippen LogP contribution in [-0.4, -0.2) is 21.0 Å². The summed E-state index contributed by atoms with van der Waals surface area (Å²) in [4.78, 5) is 18.7. The SMILES string of the molecule is O=C(O)c1nc(CSc2nccs2)cs1. The fraction of sp³-hybridized carbons (Fsp3) is 0.125. The molecular formula is C8H6N2O2S3. The third-order valence-electron chi connectivity index (χ3n) is 1.49. The highest BCUT2D eigenvalue weighted by Gasteiger charge is 2.09. The van der Waals surface area contributed by atoms with Gasteiger partial charge in [-0.15, -0.1) is 22.7 Å². The van der Waals surface area contributed by atoms with Crippen LogP contribution in [0.1, 0.15) is 15.5 Å². The molecule has 0 aliphatic heterocycles. The van der Waals surface area contributed by atoms with E-state index < -0.39 is 5.97 Å². The van der Waals surface area contributed by atoms with E-state index in [1.807, 2.05) is 5.38 Å². The van der Waals surface area contributed by atoms with Gasteiger partial charge in [0.05, 0.1) is 5.69 Å². The van der Waals surface area contributed by atoms with E-state index in [9.17, 15) is 4.79 Å². The Morgan fingerprint density at radius 3 is 3.00 bits per heavy atom. The Labute approximate surface area is 98.0 Å². The van der Waals surface area contributed by atoms with Crippen molar-refractivity contribution < 1.29 is 9.90 Å². The Morgan fingerprint density at radius 1 is 1.53 bits per heavy atom. The van der Waals surface area contributed by atoms with Crippen molar-refractivity contribution in [3.63, 3.8) is 0 Å². The van der Waals surface area contributed by atoms with Gasteiger partial charge in [-0.25, -0.2) is 14.8 Å². The molecule has 2 rings (SSSR count). The number of nitrogens with zero attached hydrogens (tertiary/aromatic N) is 2. The molecule has 0 aliphatic rings. The molecule has 78 valence electrons. The topological polar surface area (TPSA) is 63.1 Å². The zero-order valence-electron chi connectivity index (χ0n) is 7.41. The molecule has 7 heteroatoms. The van der Waals surface area contributed by atoms with Crippen molar-refractivity contribution in [1.29, 1.82) is 0 Å². The van der Waals surface area contributed by atoms with Gasteiger partial charge >= 0.3 is 5.97 Å². The number of carbonyl (C=O) groups is 1. The van der Waals surface area contributed by atoms with Crippen molar-refractivity contribution >= 4 is 40.4 Å². The van der Waals surface area contributed by atoms with E-state index >= 15 is 0 Å². The van der Waals surface area contributed by atoms with E-state index in [4.69, 9.17) is 5.11 Å². The Hall–Kier alpha value is -0.920. The molecule has 0 atom stereocenters. The minimum Gasteiger partial charge on any atom is -0.476 e. The smallest absolute Gasteiger partial charge is 0.365 e. The van der Waals surface area contributed by atoms with E-state index in [2.05, 4.69) is 9.97 Å². The maximum Gasteiger partial charge on any atom is 0.365 e. The average molecular weight is 258 g/mol. The van der Waals surface area contributed by atoms with Crippen molar-refractivity contribution in [2.45, 2.75) is 10.1 Å². The molecule has 2 aromatic heterocycles. The predicted molar refractivity (Wildman–Crippen MR) is 60.7 cm³/mol. The quantitative estimate of drug-likeness (QED) is 0.854. The van der Waals surface area contributed by atoms with Crippen LogP contribution in [0.2, 0.25) is 0 Å². The molecule has 4 nitrogen and oxygen atoms in total. The van der Waals surface area contributed by atoms with E-state index in [0.717, 1.165) is 21.4 Å². The second-order valence-electron chi connectivity index (χ2n) is 2.54. The maximum absolute atomic E-state index is 10.6. The number of hydrogen-bond donors (Lipinski definition) is 1. The lowest BCUT2D eigenvalue weighted by atomic mass is 10.6. The molecule has 0 amide bonds. The summed E-state index contributed by atoms with van der Waals surface area (Å²) >= 11 is 4.28. The first-order valence-corrected chi connectivity index (χ1v) is 6.70. The highest BCUT2D eigenvalue weighted by molar-refractivity contribution is 8.00. The van der Waals surface area contributed by atoms with E-state index in [1.54, 1.807) is 34.7 Å². The van der Waals surface area contributed by atoms with Gasteiger partial charge in [0.1, 0.15) is 4.34 Å². The first-order valence-electron chi connectivity index (χ1n) is 3.95. The molecule has 15 heavy (non-hydrogen) atoms. The first kappa shape index (κ1) is 10.6. The molecule has 0 radical (unpaired) electrons. The molecule has 0 saturated carbocycles. The Kier molecular flexibility index (Phi) is 3.34. The Morgan fingerprint density at radius 2 is 2.40 bits per heavy atom. The zero-order valence-corrected chi connectivity index (χ0v) is 9.86. The molecule has 0 spiro atoms. The van der Waals surface area contributed by atoms with Crippen LogP contribution >= 0.6 is 34.4 Å². The van der Waals surface area contributed by atoms with Gasteiger partial charge in [0.2, 0.25) is 5.01 Å². The maximum atomic E-state index is 10.6. The molecule has 2 heterocycles. The highest BCUT2D eigenvalue weighted by Crippen LogP contribution is 2.25. The van der Waals surface area contributed by atoms with Crippen LogP contribution in [0.25, 0.3) is 0 Å². The van der Waals surface area contributed by atoms with Crippen LogP contribution < -0.4 is 0 Å². The van der Waals surface area contributed by atoms with Gasteiger partial charge in [-0.1, -0.05) is 11.8 Å². The summed E-state index contributed by atoms with van der Waals surface area (Å²) in [6.07, 6.45) is 1.75. The van der Waals surface area contributed by atoms with Crippen molar-refractivity contribution in [2.75, 3.05) is 0 Å². The van der Waals surface area contributed by atoms with Crippen LogP contribution in [0.15, 0.2) is 21.3 Å². The van der Waals surface area contributed by atoms with Crippen LogP contribution in [0.4, 0.5) is 0 Å². The average Bonchev–Trinajstić information content (AvgIpc) is 2.86. The van der Waals surface area contributed by atoms with E-state index in [0.29, 0.717) is 5.75 Å². The molecule has 0 aromatic carbocycles. The second kappa shape index (κ2) is 4.73. The molecular weight excluding hydrogens is 252 g/mol. The number of aromatic carboxylic acids is 1. The highest BCUT2D eigenvalue weighted by atomic mass is 32.2. The van der Waals surface area contributed by atoms with Crippen LogP contribution in [0, 0.1) is 0 Å². The van der Waals surface area contributed by atoms with Crippen LogP contribution in [0.5, 0.6) is 0 Å². The number of thiazole rings is 2. The number of thioether (sulfide) groups is 1. The van der Waals surface area contributed by atoms with Crippen molar-refractivity contribution in [2.24, 2.45) is 0 Å². The number of aromatic nitrogens is 2. The third-order valence-corrected chi connectivity index (χ3v) is 4.37. The summed E-state index contributed by atoms with van der Waals surface area (Å²) in [7, 11) is 0. The number of carboxylic acids is 1. The number of rotatable bonds is 4. The lowest BCUT2D eigenvalue weighted by Crippen LogP contribution is -1.94. The third kappa shape index (κ3) is 2.77. The number of hydrogen-bond acceptors (Lipinski definition) is 6. The Bertz CT molecular complexity index is 452. The molecule has 1 N–H and O–H groups in total. The first-order chi connectivity index (χ1) is 7.25. The normalized spacial score (nSPS) is 10.4. The van der Waals surface area contributed by atoms with Gasteiger partial charge in [-0.3, -0.25) is 0 Å². The van der Waals surface area contributed by atoms with Gasteiger partial charge < -0.3 is 5.11 Å². The van der Waals surface area contributed by atoms with E-state index in [1.165, 1.54) is 0 Å². The summed E-state index contributed by atoms with van der Waals surface area (Å²) in [5.74, 6) is -0.303. The van der Waals surface area contributed by atoms with Gasteiger partial charge in [-0.2, -0.15) is 0 Å². The van der Waals surface area contributed by atoms with E-state index in [-0.39, 0.29) is 5.01 Å². The number of carboxylic acid groups (broad SMARTS) is 1. The molecule has 0 saturated heterocycles. The molecule has 2 aromatic rings. The van der Waals surface area contributed by atoms with Crippen molar-refractivity contribution in [3.8, 4) is 0 Å². The fourth-order valence-electron chi connectivity index (χ4n) is 0.889. The molecule has 0 aliphatic carbocycles. The monoisotopic (exact) mass is 258 g/mol. The largest absolute Gasteiger partial charge is 0.476 e. The summed E-state index contributed by atoms with van der Waals surface area (Å²) in [5.41, 5.74) is 0.789. The summed E-state index contributed by atoms with van der Waals surface area (Å²) in [5, 5.41) is 12.5. The van der Waals surface area contributed by atoms with Gasteiger partial charge in [0, 0.05) is 22.7 Å². The van der Waals surface area contributed by atoms with Crippen molar-refractivity contribution in [1.82, 2.24) is 9.97 Å². The summed E-state index contributed by atoms with van der Waals surface area (Å²) in [6.45, 7) is 0. The van der Waals surface area contributed by atoms with Crippen LogP contribution in [-0.2, 0) is 5.75 Å². The summed E-state index contributed by atoms with van der Waals surface area (Å²) in [6, 6.07) is 0. The predicted octanol–water partition coefficient (Wildman–Crippen LogP) is 2.59. The second-order valence-corrected chi connectivity index (χ2v) is 5.51. The Balaban J connectivity index is 1.96. The molecule has 0 unspecified atom stereocenters. The minimum atomic E-state index is -0.967. The fourth-order valence-corrected chi connectivity index (χ4v) is 3.18. The lowest BCUT2D eigenvalue weighted by Gasteiger charge is -1.91. The van der Waals surface area contributed by atoms with Crippen LogP contribution in [0.3, 0.4) is 0 Å². The minimum absolute atomic E-state index is 0.143. The summed E-state index contributed by atoms with van der Waals surface area (Å²) < 4.78 is 0.972. The lowest BCUT2D eigenvalue weighted by molar-refractivity contribution is 0.0696.